The maximum atomic E-state index is 5.26. The van der Waals surface area contributed by atoms with Crippen molar-refractivity contribution in [3.63, 3.8) is 0 Å². The monoisotopic (exact) mass is 328 g/mol. The van der Waals surface area contributed by atoms with E-state index >= 15 is 0 Å². The van der Waals surface area contributed by atoms with Gasteiger partial charge in [0, 0.05) is 31.9 Å². The van der Waals surface area contributed by atoms with Gasteiger partial charge in [-0.25, -0.2) is 4.98 Å². The predicted octanol–water partition coefficient (Wildman–Crippen LogP) is 3.68. The van der Waals surface area contributed by atoms with Crippen LogP contribution in [0.15, 0.2) is 30.3 Å². The summed E-state index contributed by atoms with van der Waals surface area (Å²) in [6.07, 6.45) is 3.23. The topological polar surface area (TPSA) is 50.3 Å². The normalized spacial score (nSPS) is 10.5. The second-order valence-corrected chi connectivity index (χ2v) is 6.00. The van der Waals surface area contributed by atoms with Gasteiger partial charge in [-0.1, -0.05) is 25.5 Å². The van der Waals surface area contributed by atoms with Crippen molar-refractivity contribution in [3.8, 4) is 5.75 Å². The van der Waals surface area contributed by atoms with E-state index in [1.165, 1.54) is 12.0 Å². The molecular weight excluding hydrogens is 300 g/mol. The summed E-state index contributed by atoms with van der Waals surface area (Å²) in [5.41, 5.74) is 2.22. The minimum atomic E-state index is 0.785. The molecule has 130 valence electrons. The zero-order valence-electron chi connectivity index (χ0n) is 15.2. The van der Waals surface area contributed by atoms with Crippen molar-refractivity contribution in [1.29, 1.82) is 0 Å². The molecule has 0 saturated heterocycles. The number of aromatic nitrogens is 2. The molecule has 0 aliphatic carbocycles. The third-order valence-corrected chi connectivity index (χ3v) is 3.88. The van der Waals surface area contributed by atoms with Gasteiger partial charge in [-0.2, -0.15) is 4.98 Å². The van der Waals surface area contributed by atoms with Crippen LogP contribution in [0, 0.1) is 6.92 Å². The summed E-state index contributed by atoms with van der Waals surface area (Å²) >= 11 is 0. The molecule has 0 amide bonds. The number of nitrogens with zero attached hydrogens (tertiary/aromatic N) is 3. The van der Waals surface area contributed by atoms with Gasteiger partial charge in [-0.05, 0) is 37.5 Å². The van der Waals surface area contributed by atoms with Crippen LogP contribution in [0.4, 0.5) is 11.8 Å². The van der Waals surface area contributed by atoms with Gasteiger partial charge in [0.1, 0.15) is 11.6 Å². The summed E-state index contributed by atoms with van der Waals surface area (Å²) in [5, 5.41) is 3.40. The van der Waals surface area contributed by atoms with Gasteiger partial charge in [0.15, 0.2) is 0 Å². The Morgan fingerprint density at radius 1 is 1.21 bits per heavy atom. The molecule has 2 aromatic rings. The summed E-state index contributed by atoms with van der Waals surface area (Å²) in [7, 11) is 3.74. The molecule has 1 aromatic heterocycles. The fraction of sp³-hybridized carbons (Fsp3) is 0.474. The molecule has 2 rings (SSSR count). The van der Waals surface area contributed by atoms with E-state index in [9.17, 15) is 0 Å². The third kappa shape index (κ3) is 5.41. The molecule has 0 atom stereocenters. The highest BCUT2D eigenvalue weighted by Crippen LogP contribution is 2.15. The van der Waals surface area contributed by atoms with E-state index in [0.717, 1.165) is 49.1 Å². The molecule has 0 bridgehead atoms. The second kappa shape index (κ2) is 9.11. The molecule has 0 aliphatic heterocycles. The quantitative estimate of drug-likeness (QED) is 0.761. The summed E-state index contributed by atoms with van der Waals surface area (Å²) in [4.78, 5) is 11.3. The van der Waals surface area contributed by atoms with Gasteiger partial charge in [0.2, 0.25) is 5.95 Å². The lowest BCUT2D eigenvalue weighted by atomic mass is 10.1. The van der Waals surface area contributed by atoms with Gasteiger partial charge >= 0.3 is 0 Å². The van der Waals surface area contributed by atoms with Crippen molar-refractivity contribution in [2.75, 3.05) is 37.5 Å². The first kappa shape index (κ1) is 18.0. The number of nitrogens with one attached hydrogen (secondary N) is 1. The molecule has 0 unspecified atom stereocenters. The average Bonchev–Trinajstić information content (AvgIpc) is 2.59. The van der Waals surface area contributed by atoms with Crippen molar-refractivity contribution in [2.24, 2.45) is 0 Å². The van der Waals surface area contributed by atoms with E-state index < -0.39 is 0 Å². The molecule has 0 aliphatic rings. The van der Waals surface area contributed by atoms with Gasteiger partial charge < -0.3 is 15.0 Å². The summed E-state index contributed by atoms with van der Waals surface area (Å²) < 4.78 is 5.26. The van der Waals surface area contributed by atoms with Crippen LogP contribution >= 0.6 is 0 Å². The van der Waals surface area contributed by atoms with E-state index in [-0.39, 0.29) is 0 Å². The largest absolute Gasteiger partial charge is 0.497 e. The first-order valence-corrected chi connectivity index (χ1v) is 8.56. The average molecular weight is 328 g/mol. The minimum Gasteiger partial charge on any atom is -0.497 e. The number of hydrogen-bond acceptors (Lipinski definition) is 5. The predicted molar refractivity (Wildman–Crippen MR) is 100 cm³/mol. The fourth-order valence-corrected chi connectivity index (χ4v) is 2.47. The lowest BCUT2D eigenvalue weighted by Gasteiger charge is -2.18. The third-order valence-electron chi connectivity index (χ3n) is 3.88. The van der Waals surface area contributed by atoms with Crippen molar-refractivity contribution >= 4 is 11.8 Å². The van der Waals surface area contributed by atoms with Crippen molar-refractivity contribution in [3.05, 3.63) is 41.6 Å². The zero-order valence-corrected chi connectivity index (χ0v) is 15.2. The lowest BCUT2D eigenvalue weighted by Crippen LogP contribution is -2.22. The molecule has 0 radical (unpaired) electrons. The molecule has 1 heterocycles. The highest BCUT2D eigenvalue weighted by Gasteiger charge is 2.07. The Morgan fingerprint density at radius 2 is 2.04 bits per heavy atom. The van der Waals surface area contributed by atoms with E-state index in [4.69, 9.17) is 4.74 Å². The van der Waals surface area contributed by atoms with Crippen LogP contribution in [0.2, 0.25) is 0 Å². The second-order valence-electron chi connectivity index (χ2n) is 6.00. The van der Waals surface area contributed by atoms with E-state index in [2.05, 4.69) is 39.2 Å². The van der Waals surface area contributed by atoms with Crippen LogP contribution in [-0.2, 0) is 6.42 Å². The number of unbranched alkanes of at least 4 members (excludes halogenated alkanes) is 1. The van der Waals surface area contributed by atoms with Gasteiger partial charge in [0.25, 0.3) is 0 Å². The van der Waals surface area contributed by atoms with Crippen LogP contribution in [0.25, 0.3) is 0 Å². The molecule has 1 N–H and O–H groups in total. The SMILES string of the molecule is CCCCN(C)c1nc(C)cc(NCCc2cccc(OC)c2)n1. The van der Waals surface area contributed by atoms with Crippen molar-refractivity contribution in [1.82, 2.24) is 9.97 Å². The minimum absolute atomic E-state index is 0.785. The number of benzene rings is 1. The Kier molecular flexibility index (Phi) is 6.85. The smallest absolute Gasteiger partial charge is 0.227 e. The molecular formula is C19H28N4O. The number of aryl methyl sites for hydroxylation is 1. The molecule has 1 aromatic carbocycles. The number of hydrogen-bond donors (Lipinski definition) is 1. The number of methoxy groups -OCH3 is 1. The molecule has 0 saturated carbocycles. The van der Waals surface area contributed by atoms with E-state index in [1.807, 2.05) is 32.2 Å². The molecule has 0 fully saturated rings. The van der Waals surface area contributed by atoms with Crippen molar-refractivity contribution < 1.29 is 4.74 Å². The number of rotatable bonds is 9. The van der Waals surface area contributed by atoms with Crippen LogP contribution in [-0.4, -0.2) is 37.2 Å². The van der Waals surface area contributed by atoms with Gasteiger partial charge in [0.05, 0.1) is 7.11 Å². The molecule has 0 spiro atoms. The van der Waals surface area contributed by atoms with Gasteiger partial charge in [-0.15, -0.1) is 0 Å². The summed E-state index contributed by atoms with van der Waals surface area (Å²) in [6, 6.07) is 10.1. The molecule has 5 nitrogen and oxygen atoms in total. The Labute approximate surface area is 145 Å². The van der Waals surface area contributed by atoms with E-state index in [0.29, 0.717) is 0 Å². The Morgan fingerprint density at radius 3 is 2.79 bits per heavy atom. The van der Waals surface area contributed by atoms with Crippen LogP contribution < -0.4 is 15.0 Å². The first-order chi connectivity index (χ1) is 11.6. The zero-order chi connectivity index (χ0) is 17.4. The Bertz CT molecular complexity index is 645. The van der Waals surface area contributed by atoms with Crippen molar-refractivity contribution in [2.45, 2.75) is 33.1 Å². The van der Waals surface area contributed by atoms with Gasteiger partial charge in [-0.3, -0.25) is 0 Å². The summed E-state index contributed by atoms with van der Waals surface area (Å²) in [5.74, 6) is 2.56. The van der Waals surface area contributed by atoms with Crippen LogP contribution in [0.5, 0.6) is 5.75 Å². The standard InChI is InChI=1S/C19H28N4O/c1-5-6-12-23(3)19-21-15(2)13-18(22-19)20-11-10-16-8-7-9-17(14-16)24-4/h7-9,13-14H,5-6,10-12H2,1-4H3,(H,20,21,22). The highest BCUT2D eigenvalue weighted by atomic mass is 16.5. The summed E-state index contributed by atoms with van der Waals surface area (Å²) in [6.45, 7) is 5.99. The van der Waals surface area contributed by atoms with Crippen LogP contribution in [0.1, 0.15) is 31.0 Å². The molecule has 24 heavy (non-hydrogen) atoms. The lowest BCUT2D eigenvalue weighted by molar-refractivity contribution is 0.414. The molecule has 5 heteroatoms. The first-order valence-electron chi connectivity index (χ1n) is 8.56. The fourth-order valence-electron chi connectivity index (χ4n) is 2.47. The maximum Gasteiger partial charge on any atom is 0.227 e. The number of ether oxygens (including phenoxy) is 1. The Hall–Kier alpha value is -2.30. The number of anilines is 2. The van der Waals surface area contributed by atoms with Crippen LogP contribution in [0.3, 0.4) is 0 Å². The van der Waals surface area contributed by atoms with E-state index in [1.54, 1.807) is 7.11 Å². The highest BCUT2D eigenvalue weighted by molar-refractivity contribution is 5.43. The maximum absolute atomic E-state index is 5.26. The Balaban J connectivity index is 1.95.